The molecule has 3 rings (SSSR count). The van der Waals surface area contributed by atoms with E-state index in [2.05, 4.69) is 25.4 Å². The van der Waals surface area contributed by atoms with Crippen LogP contribution in [0.1, 0.15) is 17.9 Å². The minimum atomic E-state index is 0.869. The second-order valence-corrected chi connectivity index (χ2v) is 4.45. The molecule has 0 aromatic carbocycles. The highest BCUT2D eigenvalue weighted by molar-refractivity contribution is 5.48. The quantitative estimate of drug-likeness (QED) is 0.683. The number of H-pyrrole nitrogens is 1. The minimum Gasteiger partial charge on any atom is -0.370 e. The van der Waals surface area contributed by atoms with Crippen molar-refractivity contribution in [3.63, 3.8) is 0 Å². The Labute approximate surface area is 110 Å². The van der Waals surface area contributed by atoms with E-state index in [0.29, 0.717) is 0 Å². The van der Waals surface area contributed by atoms with Gasteiger partial charge in [0.25, 0.3) is 0 Å². The number of rotatable bonds is 5. The normalized spacial score (nSPS) is 11.0. The molecule has 6 heteroatoms. The Morgan fingerprint density at radius 3 is 3.16 bits per heavy atom. The van der Waals surface area contributed by atoms with Gasteiger partial charge in [0.1, 0.15) is 11.6 Å². The van der Waals surface area contributed by atoms with Gasteiger partial charge in [0.15, 0.2) is 5.65 Å². The first-order chi connectivity index (χ1) is 9.33. The number of aryl methyl sites for hydroxylation is 2. The van der Waals surface area contributed by atoms with Crippen molar-refractivity contribution in [1.82, 2.24) is 24.6 Å². The van der Waals surface area contributed by atoms with Crippen molar-refractivity contribution in [2.75, 3.05) is 11.9 Å². The fourth-order valence-electron chi connectivity index (χ4n) is 2.07. The monoisotopic (exact) mass is 256 g/mol. The Kier molecular flexibility index (Phi) is 3.14. The lowest BCUT2D eigenvalue weighted by Gasteiger charge is -2.08. The number of hydrogen-bond acceptors (Lipinski definition) is 4. The van der Waals surface area contributed by atoms with Crippen LogP contribution in [0.15, 0.2) is 30.7 Å². The minimum absolute atomic E-state index is 0.869. The zero-order chi connectivity index (χ0) is 13.1. The van der Waals surface area contributed by atoms with Gasteiger partial charge in [-0.15, -0.1) is 0 Å². The largest absolute Gasteiger partial charge is 0.370 e. The summed E-state index contributed by atoms with van der Waals surface area (Å²) in [6.07, 6.45) is 7.34. The number of aromatic nitrogens is 5. The van der Waals surface area contributed by atoms with Crippen molar-refractivity contribution in [3.05, 3.63) is 42.2 Å². The topological polar surface area (TPSA) is 70.9 Å². The molecule has 2 N–H and O–H groups in total. The number of aromatic amines is 1. The van der Waals surface area contributed by atoms with E-state index < -0.39 is 0 Å². The molecular formula is C13H16N6. The molecule has 0 aliphatic heterocycles. The van der Waals surface area contributed by atoms with Crippen LogP contribution < -0.4 is 5.32 Å². The van der Waals surface area contributed by atoms with Gasteiger partial charge >= 0.3 is 0 Å². The maximum Gasteiger partial charge on any atom is 0.157 e. The summed E-state index contributed by atoms with van der Waals surface area (Å²) in [6, 6.07) is 3.91. The Hall–Kier alpha value is -2.37. The summed E-state index contributed by atoms with van der Waals surface area (Å²) < 4.78 is 1.82. The van der Waals surface area contributed by atoms with Gasteiger partial charge in [0, 0.05) is 43.2 Å². The van der Waals surface area contributed by atoms with Crippen LogP contribution in [-0.2, 0) is 6.42 Å². The van der Waals surface area contributed by atoms with Gasteiger partial charge in [-0.2, -0.15) is 9.61 Å². The van der Waals surface area contributed by atoms with E-state index in [1.165, 1.54) is 0 Å². The highest BCUT2D eigenvalue weighted by Gasteiger charge is 2.03. The number of nitrogens with one attached hydrogen (secondary N) is 2. The average molecular weight is 256 g/mol. The Bertz CT molecular complexity index is 655. The summed E-state index contributed by atoms with van der Waals surface area (Å²) in [7, 11) is 0. The van der Waals surface area contributed by atoms with Crippen LogP contribution in [0.4, 0.5) is 5.82 Å². The first-order valence-corrected chi connectivity index (χ1v) is 6.36. The molecule has 6 nitrogen and oxygen atoms in total. The van der Waals surface area contributed by atoms with E-state index in [-0.39, 0.29) is 0 Å². The molecule has 0 spiro atoms. The van der Waals surface area contributed by atoms with Crippen molar-refractivity contribution >= 4 is 11.5 Å². The number of imidazole rings is 1. The third kappa shape index (κ3) is 2.57. The zero-order valence-corrected chi connectivity index (χ0v) is 10.8. The van der Waals surface area contributed by atoms with Gasteiger partial charge in [-0.3, -0.25) is 0 Å². The van der Waals surface area contributed by atoms with Crippen LogP contribution in [0, 0.1) is 6.92 Å². The molecule has 0 unspecified atom stereocenters. The molecule has 19 heavy (non-hydrogen) atoms. The first-order valence-electron chi connectivity index (χ1n) is 6.36. The second kappa shape index (κ2) is 5.09. The maximum absolute atomic E-state index is 4.41. The molecule has 0 aliphatic rings. The van der Waals surface area contributed by atoms with Crippen molar-refractivity contribution in [2.24, 2.45) is 0 Å². The Morgan fingerprint density at radius 2 is 2.32 bits per heavy atom. The fourth-order valence-corrected chi connectivity index (χ4v) is 2.07. The SMILES string of the molecule is Cc1cc(NCCCc2ncc[nH]2)n2nccc2n1. The molecule has 0 saturated carbocycles. The van der Waals surface area contributed by atoms with Crippen LogP contribution in [-0.4, -0.2) is 31.1 Å². The summed E-state index contributed by atoms with van der Waals surface area (Å²) in [4.78, 5) is 11.7. The average Bonchev–Trinajstić information content (AvgIpc) is 3.04. The van der Waals surface area contributed by atoms with Gasteiger partial charge in [0.2, 0.25) is 0 Å². The van der Waals surface area contributed by atoms with Crippen LogP contribution >= 0.6 is 0 Å². The van der Waals surface area contributed by atoms with Crippen LogP contribution in [0.25, 0.3) is 5.65 Å². The van der Waals surface area contributed by atoms with E-state index in [4.69, 9.17) is 0 Å². The van der Waals surface area contributed by atoms with E-state index in [0.717, 1.165) is 42.4 Å². The van der Waals surface area contributed by atoms with Crippen molar-refractivity contribution in [1.29, 1.82) is 0 Å². The Balaban J connectivity index is 1.63. The van der Waals surface area contributed by atoms with Gasteiger partial charge in [-0.05, 0) is 13.3 Å². The maximum atomic E-state index is 4.41. The molecule has 0 saturated heterocycles. The molecule has 0 atom stereocenters. The molecule has 98 valence electrons. The first kappa shape index (κ1) is 11.7. The van der Waals surface area contributed by atoms with Crippen molar-refractivity contribution < 1.29 is 0 Å². The van der Waals surface area contributed by atoms with Crippen LogP contribution in [0.5, 0.6) is 0 Å². The molecular weight excluding hydrogens is 240 g/mol. The smallest absolute Gasteiger partial charge is 0.157 e. The third-order valence-electron chi connectivity index (χ3n) is 2.94. The number of nitrogens with zero attached hydrogens (tertiary/aromatic N) is 4. The molecule has 0 bridgehead atoms. The summed E-state index contributed by atoms with van der Waals surface area (Å²) in [5.74, 6) is 2.00. The van der Waals surface area contributed by atoms with Crippen molar-refractivity contribution in [2.45, 2.75) is 19.8 Å². The zero-order valence-electron chi connectivity index (χ0n) is 10.8. The molecule has 0 radical (unpaired) electrons. The summed E-state index contributed by atoms with van der Waals surface area (Å²) >= 11 is 0. The van der Waals surface area contributed by atoms with Gasteiger partial charge in [0.05, 0.1) is 6.20 Å². The lowest BCUT2D eigenvalue weighted by atomic mass is 10.3. The van der Waals surface area contributed by atoms with Gasteiger partial charge < -0.3 is 10.3 Å². The summed E-state index contributed by atoms with van der Waals surface area (Å²) in [5.41, 5.74) is 1.86. The standard InChI is InChI=1S/C13H16N6/c1-10-9-13(19-12(18-10)4-6-17-19)16-5-2-3-11-14-7-8-15-11/h4,6-9,16H,2-3,5H2,1H3,(H,14,15). The van der Waals surface area contributed by atoms with Crippen LogP contribution in [0.2, 0.25) is 0 Å². The second-order valence-electron chi connectivity index (χ2n) is 4.45. The van der Waals surface area contributed by atoms with E-state index in [1.807, 2.05) is 29.8 Å². The number of fused-ring (bicyclic) bond motifs is 1. The predicted octanol–water partition coefficient (Wildman–Crippen LogP) is 1.81. The lowest BCUT2D eigenvalue weighted by Crippen LogP contribution is -2.09. The molecule has 3 aromatic rings. The molecule has 3 heterocycles. The number of anilines is 1. The van der Waals surface area contributed by atoms with E-state index in [9.17, 15) is 0 Å². The van der Waals surface area contributed by atoms with Crippen molar-refractivity contribution in [3.8, 4) is 0 Å². The molecule has 0 fully saturated rings. The highest BCUT2D eigenvalue weighted by atomic mass is 15.3. The molecule has 3 aromatic heterocycles. The molecule has 0 aliphatic carbocycles. The fraction of sp³-hybridized carbons (Fsp3) is 0.308. The predicted molar refractivity (Wildman–Crippen MR) is 73.1 cm³/mol. The Morgan fingerprint density at radius 1 is 1.37 bits per heavy atom. The lowest BCUT2D eigenvalue weighted by molar-refractivity contribution is 0.805. The highest BCUT2D eigenvalue weighted by Crippen LogP contribution is 2.11. The van der Waals surface area contributed by atoms with Crippen LogP contribution in [0.3, 0.4) is 0 Å². The van der Waals surface area contributed by atoms with Gasteiger partial charge in [-0.1, -0.05) is 0 Å². The third-order valence-corrected chi connectivity index (χ3v) is 2.94. The summed E-state index contributed by atoms with van der Waals surface area (Å²) in [5, 5.41) is 7.66. The molecule has 0 amide bonds. The number of hydrogen-bond donors (Lipinski definition) is 2. The van der Waals surface area contributed by atoms with E-state index >= 15 is 0 Å². The van der Waals surface area contributed by atoms with Gasteiger partial charge in [-0.25, -0.2) is 9.97 Å². The van der Waals surface area contributed by atoms with E-state index in [1.54, 1.807) is 12.4 Å². The summed E-state index contributed by atoms with van der Waals surface area (Å²) in [6.45, 7) is 2.86.